The molecule has 0 saturated carbocycles. The molecule has 0 saturated heterocycles. The number of halogens is 6. The first-order chi connectivity index (χ1) is 21.6. The van der Waals surface area contributed by atoms with Crippen molar-refractivity contribution in [1.82, 2.24) is 4.98 Å². The first kappa shape index (κ1) is 28.8. The zero-order chi connectivity index (χ0) is 31.3. The number of alkyl halides is 6. The molecule has 0 bridgehead atoms. The van der Waals surface area contributed by atoms with Gasteiger partial charge in [-0.05, 0) is 68.8 Å². The van der Waals surface area contributed by atoms with Crippen LogP contribution >= 0.6 is 11.3 Å². The highest BCUT2D eigenvalue weighted by Gasteiger charge is 2.37. The van der Waals surface area contributed by atoms with E-state index in [0.717, 1.165) is 65.7 Å². The van der Waals surface area contributed by atoms with E-state index in [1.807, 2.05) is 36.5 Å². The van der Waals surface area contributed by atoms with Crippen LogP contribution in [0.1, 0.15) is 11.1 Å². The molecule has 1 nitrogen and oxygen atoms in total. The third kappa shape index (κ3) is 5.46. The van der Waals surface area contributed by atoms with Crippen molar-refractivity contribution in [1.29, 1.82) is 0 Å². The second-order valence-electron chi connectivity index (χ2n) is 10.7. The lowest BCUT2D eigenvalue weighted by atomic mass is 9.96. The third-order valence-electron chi connectivity index (χ3n) is 7.83. The van der Waals surface area contributed by atoms with Crippen LogP contribution in [0.2, 0.25) is 0 Å². The Hall–Kier alpha value is -4.95. The fraction of sp³-hybridized carbons (Fsp3) is 0.0541. The summed E-state index contributed by atoms with van der Waals surface area (Å²) in [6, 6.07) is 32.7. The maximum atomic E-state index is 13.4. The molecule has 0 aliphatic carbocycles. The van der Waals surface area contributed by atoms with Gasteiger partial charge in [0.15, 0.2) is 0 Å². The molecule has 0 spiro atoms. The van der Waals surface area contributed by atoms with Gasteiger partial charge in [0.1, 0.15) is 0 Å². The molecule has 0 atom stereocenters. The zero-order valence-electron chi connectivity index (χ0n) is 23.2. The van der Waals surface area contributed by atoms with Gasteiger partial charge >= 0.3 is 12.4 Å². The van der Waals surface area contributed by atoms with Gasteiger partial charge in [-0.25, -0.2) is 0 Å². The summed E-state index contributed by atoms with van der Waals surface area (Å²) in [6.07, 6.45) is -6.25. The molecule has 2 aromatic heterocycles. The Bertz CT molecular complexity index is 2130. The summed E-state index contributed by atoms with van der Waals surface area (Å²) in [7, 11) is 0. The Morgan fingerprint density at radius 3 is 1.36 bits per heavy atom. The Labute approximate surface area is 258 Å². The average Bonchev–Trinajstić information content (AvgIpc) is 3.44. The van der Waals surface area contributed by atoms with Gasteiger partial charge in [0.05, 0.1) is 11.1 Å². The summed E-state index contributed by atoms with van der Waals surface area (Å²) >= 11 is 1.66. The molecule has 222 valence electrons. The standard InChI is InChI=1S/C37H21F6NS/c38-36(39,40)28-18-27(19-29(20-28)37(41,42)43)23-11-15-25(16-12-23)31-6-2-8-33-32-7-1-5-30(34(32)45-35(31)33)24-13-9-22(10-14-24)26-4-3-17-44-21-26/h1-21H. The minimum Gasteiger partial charge on any atom is -0.264 e. The predicted molar refractivity (Wildman–Crippen MR) is 169 cm³/mol. The van der Waals surface area contributed by atoms with Crippen molar-refractivity contribution in [3.63, 3.8) is 0 Å². The molecule has 7 aromatic rings. The van der Waals surface area contributed by atoms with Gasteiger partial charge in [-0.15, -0.1) is 11.3 Å². The normalized spacial score (nSPS) is 12.2. The molecular formula is C37H21F6NS. The fourth-order valence-electron chi connectivity index (χ4n) is 5.61. The monoisotopic (exact) mass is 625 g/mol. The Morgan fingerprint density at radius 2 is 0.911 bits per heavy atom. The van der Waals surface area contributed by atoms with Gasteiger partial charge in [-0.1, -0.05) is 91.0 Å². The van der Waals surface area contributed by atoms with E-state index < -0.39 is 23.5 Å². The maximum absolute atomic E-state index is 13.4. The number of fused-ring (bicyclic) bond motifs is 3. The minimum atomic E-state index is -4.91. The number of hydrogen-bond acceptors (Lipinski definition) is 2. The molecule has 0 amide bonds. The summed E-state index contributed by atoms with van der Waals surface area (Å²) in [4.78, 5) is 4.20. The molecule has 8 heteroatoms. The molecule has 7 rings (SSSR count). The van der Waals surface area contributed by atoms with E-state index in [0.29, 0.717) is 0 Å². The fourth-order valence-corrected chi connectivity index (χ4v) is 6.99. The molecule has 0 N–H and O–H groups in total. The van der Waals surface area contributed by atoms with E-state index in [4.69, 9.17) is 0 Å². The van der Waals surface area contributed by atoms with E-state index in [2.05, 4.69) is 47.4 Å². The molecule has 0 aliphatic rings. The average molecular weight is 626 g/mol. The van der Waals surface area contributed by atoms with Gasteiger partial charge in [-0.3, -0.25) is 4.98 Å². The van der Waals surface area contributed by atoms with Crippen LogP contribution < -0.4 is 0 Å². The number of pyridine rings is 1. The Morgan fingerprint density at radius 1 is 0.444 bits per heavy atom. The second-order valence-corrected chi connectivity index (χ2v) is 11.7. The van der Waals surface area contributed by atoms with E-state index in [9.17, 15) is 26.3 Å². The number of benzene rings is 5. The second kappa shape index (κ2) is 10.9. The third-order valence-corrected chi connectivity index (χ3v) is 9.12. The summed E-state index contributed by atoms with van der Waals surface area (Å²) in [5.74, 6) is 0. The van der Waals surface area contributed by atoms with Crippen LogP contribution in [0.4, 0.5) is 26.3 Å². The SMILES string of the molecule is FC(F)(F)c1cc(-c2ccc(-c3cccc4c3sc3c(-c5ccc(-c6cccnc6)cc5)cccc34)cc2)cc(C(F)(F)F)c1. The van der Waals surface area contributed by atoms with Crippen molar-refractivity contribution >= 4 is 31.5 Å². The van der Waals surface area contributed by atoms with Gasteiger partial charge in [0.25, 0.3) is 0 Å². The summed E-state index contributed by atoms with van der Waals surface area (Å²) in [5.41, 5.74) is 3.44. The van der Waals surface area contributed by atoms with Crippen LogP contribution in [-0.4, -0.2) is 4.98 Å². The van der Waals surface area contributed by atoms with Crippen molar-refractivity contribution in [2.24, 2.45) is 0 Å². The Balaban J connectivity index is 1.28. The highest BCUT2D eigenvalue weighted by atomic mass is 32.1. The first-order valence-corrected chi connectivity index (χ1v) is 14.7. The van der Waals surface area contributed by atoms with Gasteiger partial charge in [-0.2, -0.15) is 26.3 Å². The first-order valence-electron chi connectivity index (χ1n) is 13.9. The highest BCUT2D eigenvalue weighted by Crippen LogP contribution is 2.44. The van der Waals surface area contributed by atoms with Crippen LogP contribution in [0.3, 0.4) is 0 Å². The lowest BCUT2D eigenvalue weighted by Gasteiger charge is -2.14. The van der Waals surface area contributed by atoms with Crippen LogP contribution in [0.15, 0.2) is 128 Å². The van der Waals surface area contributed by atoms with Crippen molar-refractivity contribution in [3.8, 4) is 44.5 Å². The summed E-state index contributed by atoms with van der Waals surface area (Å²) < 4.78 is 82.7. The minimum absolute atomic E-state index is 0.142. The molecule has 5 aromatic carbocycles. The van der Waals surface area contributed by atoms with Crippen molar-refractivity contribution in [2.75, 3.05) is 0 Å². The molecule has 0 aliphatic heterocycles. The quantitative estimate of drug-likeness (QED) is 0.177. The molecule has 0 fully saturated rings. The lowest BCUT2D eigenvalue weighted by molar-refractivity contribution is -0.143. The van der Waals surface area contributed by atoms with E-state index in [-0.39, 0.29) is 17.2 Å². The smallest absolute Gasteiger partial charge is 0.264 e. The van der Waals surface area contributed by atoms with Crippen molar-refractivity contribution in [3.05, 3.63) is 139 Å². The number of thiophene rings is 1. The Kier molecular flexibility index (Phi) is 6.97. The van der Waals surface area contributed by atoms with Crippen LogP contribution in [0.5, 0.6) is 0 Å². The van der Waals surface area contributed by atoms with Crippen LogP contribution in [-0.2, 0) is 12.4 Å². The summed E-state index contributed by atoms with van der Waals surface area (Å²) in [5, 5.41) is 2.17. The molecule has 0 unspecified atom stereocenters. The van der Waals surface area contributed by atoms with Crippen molar-refractivity contribution in [2.45, 2.75) is 12.4 Å². The number of nitrogens with zero attached hydrogens (tertiary/aromatic N) is 1. The number of hydrogen-bond donors (Lipinski definition) is 0. The lowest BCUT2D eigenvalue weighted by Crippen LogP contribution is -2.11. The number of aromatic nitrogens is 1. The molecule has 0 radical (unpaired) electrons. The van der Waals surface area contributed by atoms with Gasteiger partial charge < -0.3 is 0 Å². The van der Waals surface area contributed by atoms with E-state index in [1.165, 1.54) is 0 Å². The summed E-state index contributed by atoms with van der Waals surface area (Å²) in [6.45, 7) is 0. The molecular weight excluding hydrogens is 604 g/mol. The maximum Gasteiger partial charge on any atom is 0.416 e. The van der Waals surface area contributed by atoms with E-state index >= 15 is 0 Å². The van der Waals surface area contributed by atoms with Crippen LogP contribution in [0.25, 0.3) is 64.7 Å². The molecule has 2 heterocycles. The number of rotatable bonds is 4. The predicted octanol–water partition coefficient (Wildman–Crippen LogP) is 12.2. The zero-order valence-corrected chi connectivity index (χ0v) is 24.1. The van der Waals surface area contributed by atoms with Gasteiger partial charge in [0, 0.05) is 32.6 Å². The van der Waals surface area contributed by atoms with Crippen LogP contribution in [0, 0.1) is 0 Å². The van der Waals surface area contributed by atoms with E-state index in [1.54, 1.807) is 41.8 Å². The molecule has 45 heavy (non-hydrogen) atoms. The highest BCUT2D eigenvalue weighted by molar-refractivity contribution is 7.26. The largest absolute Gasteiger partial charge is 0.416 e. The van der Waals surface area contributed by atoms with Gasteiger partial charge in [0.2, 0.25) is 0 Å². The van der Waals surface area contributed by atoms with Crippen molar-refractivity contribution < 1.29 is 26.3 Å². The topological polar surface area (TPSA) is 12.9 Å².